The molecule has 0 atom stereocenters. The number of fused-ring (bicyclic) bond motifs is 1. The van der Waals surface area contributed by atoms with Gasteiger partial charge in [-0.3, -0.25) is 14.6 Å². The van der Waals surface area contributed by atoms with Crippen molar-refractivity contribution in [2.24, 2.45) is 0 Å². The lowest BCUT2D eigenvalue weighted by atomic mass is 10.0. The second-order valence-electron chi connectivity index (χ2n) is 4.99. The first-order valence-corrected chi connectivity index (χ1v) is 7.43. The zero-order valence-corrected chi connectivity index (χ0v) is 12.9. The van der Waals surface area contributed by atoms with E-state index in [1.807, 2.05) is 36.4 Å². The molecule has 0 aliphatic rings. The molecule has 1 aromatic heterocycles. The number of nitrogens with one attached hydrogen (secondary N) is 1. The molecule has 0 bridgehead atoms. The number of pyridine rings is 1. The standard InChI is InChI=1S/C18H13ClN2O2/c19-16-10-20-9-8-15(16)18(23)21-11-17(22)14-7-3-5-12-4-1-2-6-13(12)14/h1-10H,11H2,(H,21,23). The molecule has 1 heterocycles. The van der Waals surface area contributed by atoms with E-state index >= 15 is 0 Å². The number of benzene rings is 2. The molecule has 0 aliphatic carbocycles. The van der Waals surface area contributed by atoms with E-state index < -0.39 is 5.91 Å². The predicted molar refractivity (Wildman–Crippen MR) is 89.9 cm³/mol. The van der Waals surface area contributed by atoms with Gasteiger partial charge in [0, 0.05) is 18.0 Å². The van der Waals surface area contributed by atoms with Gasteiger partial charge in [-0.25, -0.2) is 0 Å². The maximum atomic E-state index is 12.4. The lowest BCUT2D eigenvalue weighted by molar-refractivity contribution is 0.0904. The van der Waals surface area contributed by atoms with Gasteiger partial charge in [-0.2, -0.15) is 0 Å². The second kappa shape index (κ2) is 6.58. The number of Topliss-reactive ketones (excluding diaryl/α,β-unsaturated/α-hetero) is 1. The lowest BCUT2D eigenvalue weighted by Crippen LogP contribution is -2.29. The summed E-state index contributed by atoms with van der Waals surface area (Å²) in [7, 11) is 0. The predicted octanol–water partition coefficient (Wildman–Crippen LogP) is 3.50. The van der Waals surface area contributed by atoms with Gasteiger partial charge >= 0.3 is 0 Å². The molecule has 0 aliphatic heterocycles. The third kappa shape index (κ3) is 3.22. The fourth-order valence-corrected chi connectivity index (χ4v) is 2.58. The first-order valence-electron chi connectivity index (χ1n) is 7.05. The number of ketones is 1. The molecule has 0 unspecified atom stereocenters. The number of rotatable bonds is 4. The Bertz CT molecular complexity index is 888. The summed E-state index contributed by atoms with van der Waals surface area (Å²) in [6, 6.07) is 14.7. The summed E-state index contributed by atoms with van der Waals surface area (Å²) < 4.78 is 0. The zero-order chi connectivity index (χ0) is 16.2. The highest BCUT2D eigenvalue weighted by atomic mass is 35.5. The summed E-state index contributed by atoms with van der Waals surface area (Å²) in [5, 5.41) is 4.71. The van der Waals surface area contributed by atoms with Crippen LogP contribution in [-0.4, -0.2) is 23.2 Å². The van der Waals surface area contributed by atoms with E-state index in [2.05, 4.69) is 10.3 Å². The number of carbonyl (C=O) groups excluding carboxylic acids is 2. The van der Waals surface area contributed by atoms with E-state index in [-0.39, 0.29) is 17.4 Å². The Kier molecular flexibility index (Phi) is 4.35. The summed E-state index contributed by atoms with van der Waals surface area (Å²) in [6.45, 7) is -0.0918. The molecule has 0 saturated carbocycles. The Labute approximate surface area is 138 Å². The normalized spacial score (nSPS) is 10.5. The Morgan fingerprint density at radius 3 is 2.61 bits per heavy atom. The van der Waals surface area contributed by atoms with Crippen LogP contribution in [0.1, 0.15) is 20.7 Å². The van der Waals surface area contributed by atoms with Gasteiger partial charge < -0.3 is 5.32 Å². The largest absolute Gasteiger partial charge is 0.345 e. The minimum atomic E-state index is -0.397. The average Bonchev–Trinajstić information content (AvgIpc) is 2.59. The molecule has 0 fully saturated rings. The van der Waals surface area contributed by atoms with Crippen LogP contribution in [0.4, 0.5) is 0 Å². The van der Waals surface area contributed by atoms with Crippen molar-refractivity contribution in [3.63, 3.8) is 0 Å². The molecule has 1 amide bonds. The lowest BCUT2D eigenvalue weighted by Gasteiger charge is -2.08. The van der Waals surface area contributed by atoms with E-state index in [4.69, 9.17) is 11.6 Å². The Hall–Kier alpha value is -2.72. The van der Waals surface area contributed by atoms with Crippen LogP contribution in [0, 0.1) is 0 Å². The van der Waals surface area contributed by atoms with Gasteiger partial charge in [-0.15, -0.1) is 0 Å². The van der Waals surface area contributed by atoms with E-state index in [0.717, 1.165) is 10.8 Å². The molecule has 1 N–H and O–H groups in total. The number of halogens is 1. The van der Waals surface area contributed by atoms with Crippen molar-refractivity contribution in [2.75, 3.05) is 6.54 Å². The highest BCUT2D eigenvalue weighted by Crippen LogP contribution is 2.19. The molecule has 23 heavy (non-hydrogen) atoms. The maximum absolute atomic E-state index is 12.4. The minimum Gasteiger partial charge on any atom is -0.345 e. The Morgan fingerprint density at radius 2 is 1.78 bits per heavy atom. The van der Waals surface area contributed by atoms with Crippen LogP contribution >= 0.6 is 11.6 Å². The second-order valence-corrected chi connectivity index (χ2v) is 5.40. The number of hydrogen-bond donors (Lipinski definition) is 1. The number of carbonyl (C=O) groups is 2. The number of hydrogen-bond acceptors (Lipinski definition) is 3. The van der Waals surface area contributed by atoms with Crippen molar-refractivity contribution in [3.8, 4) is 0 Å². The molecule has 3 rings (SSSR count). The van der Waals surface area contributed by atoms with Gasteiger partial charge in [0.1, 0.15) is 0 Å². The van der Waals surface area contributed by atoms with E-state index in [1.165, 1.54) is 18.5 Å². The van der Waals surface area contributed by atoms with Crippen molar-refractivity contribution in [1.29, 1.82) is 0 Å². The van der Waals surface area contributed by atoms with Gasteiger partial charge in [0.25, 0.3) is 5.91 Å². The summed E-state index contributed by atoms with van der Waals surface area (Å²) >= 11 is 5.92. The van der Waals surface area contributed by atoms with Crippen molar-refractivity contribution in [1.82, 2.24) is 10.3 Å². The van der Waals surface area contributed by atoms with Crippen molar-refractivity contribution >= 4 is 34.1 Å². The number of amides is 1. The van der Waals surface area contributed by atoms with Gasteiger partial charge in [-0.05, 0) is 16.8 Å². The summed E-state index contributed by atoms with van der Waals surface area (Å²) in [5.74, 6) is -0.550. The minimum absolute atomic E-state index is 0.0918. The van der Waals surface area contributed by atoms with Crippen molar-refractivity contribution < 1.29 is 9.59 Å². The molecule has 0 saturated heterocycles. The zero-order valence-electron chi connectivity index (χ0n) is 12.1. The monoisotopic (exact) mass is 324 g/mol. The molecule has 114 valence electrons. The first kappa shape index (κ1) is 15.2. The summed E-state index contributed by atoms with van der Waals surface area (Å²) in [4.78, 5) is 28.3. The van der Waals surface area contributed by atoms with Crippen LogP contribution in [0.3, 0.4) is 0 Å². The van der Waals surface area contributed by atoms with Gasteiger partial charge in [0.2, 0.25) is 0 Å². The Balaban J connectivity index is 1.77. The molecule has 2 aromatic carbocycles. The molecule has 3 aromatic rings. The number of nitrogens with zero attached hydrogens (tertiary/aromatic N) is 1. The van der Waals surface area contributed by atoms with Crippen LogP contribution in [0.2, 0.25) is 5.02 Å². The molecule has 5 heteroatoms. The van der Waals surface area contributed by atoms with Crippen molar-refractivity contribution in [3.05, 3.63) is 77.1 Å². The fourth-order valence-electron chi connectivity index (χ4n) is 2.38. The van der Waals surface area contributed by atoms with Crippen LogP contribution in [0.15, 0.2) is 60.9 Å². The van der Waals surface area contributed by atoms with Crippen LogP contribution in [-0.2, 0) is 0 Å². The van der Waals surface area contributed by atoms with Crippen molar-refractivity contribution in [2.45, 2.75) is 0 Å². The van der Waals surface area contributed by atoms with Crippen LogP contribution in [0.5, 0.6) is 0 Å². The molecule has 0 radical (unpaired) electrons. The van der Waals surface area contributed by atoms with E-state index in [0.29, 0.717) is 11.1 Å². The molecular weight excluding hydrogens is 312 g/mol. The van der Waals surface area contributed by atoms with Crippen LogP contribution < -0.4 is 5.32 Å². The third-order valence-electron chi connectivity index (χ3n) is 3.52. The summed E-state index contributed by atoms with van der Waals surface area (Å²) in [5.41, 5.74) is 0.886. The summed E-state index contributed by atoms with van der Waals surface area (Å²) in [6.07, 6.45) is 2.87. The number of aromatic nitrogens is 1. The van der Waals surface area contributed by atoms with Crippen LogP contribution in [0.25, 0.3) is 10.8 Å². The quantitative estimate of drug-likeness (QED) is 0.747. The first-order chi connectivity index (χ1) is 11.2. The smallest absolute Gasteiger partial charge is 0.253 e. The van der Waals surface area contributed by atoms with Gasteiger partial charge in [0.05, 0.1) is 17.1 Å². The fraction of sp³-hybridized carbons (Fsp3) is 0.0556. The van der Waals surface area contributed by atoms with E-state index in [9.17, 15) is 9.59 Å². The Morgan fingerprint density at radius 1 is 1.00 bits per heavy atom. The molecule has 4 nitrogen and oxygen atoms in total. The highest BCUT2D eigenvalue weighted by Gasteiger charge is 2.14. The van der Waals surface area contributed by atoms with Gasteiger partial charge in [-0.1, -0.05) is 54.1 Å². The molecular formula is C18H13ClN2O2. The third-order valence-corrected chi connectivity index (χ3v) is 3.82. The SMILES string of the molecule is O=C(NCC(=O)c1cccc2ccccc12)c1ccncc1Cl. The van der Waals surface area contributed by atoms with E-state index in [1.54, 1.807) is 6.07 Å². The maximum Gasteiger partial charge on any atom is 0.253 e. The van der Waals surface area contributed by atoms with Gasteiger partial charge in [0.15, 0.2) is 5.78 Å². The molecule has 0 spiro atoms. The highest BCUT2D eigenvalue weighted by molar-refractivity contribution is 6.33. The topological polar surface area (TPSA) is 59.1 Å². The average molecular weight is 325 g/mol.